The molecule has 10 heteroatoms. The Morgan fingerprint density at radius 2 is 1.48 bits per heavy atom. The molecule has 0 fully saturated rings. The van der Waals surface area contributed by atoms with Crippen LogP contribution >= 0.6 is 0 Å². The fourth-order valence-electron chi connectivity index (χ4n) is 3.97. The molecule has 0 bridgehead atoms. The summed E-state index contributed by atoms with van der Waals surface area (Å²) < 4.78 is 15.5. The molecule has 4 rings (SSSR count). The van der Waals surface area contributed by atoms with Crippen molar-refractivity contribution in [1.29, 1.82) is 0 Å². The molecule has 0 aliphatic carbocycles. The number of hydrogen-bond donors (Lipinski definition) is 1. The zero-order valence-electron chi connectivity index (χ0n) is 26.6. The highest BCUT2D eigenvalue weighted by Crippen LogP contribution is 2.41. The quantitative estimate of drug-likeness (QED) is 0.194. The number of fused-ring (bicyclic) bond motifs is 1. The van der Waals surface area contributed by atoms with Crippen molar-refractivity contribution in [1.82, 2.24) is 19.5 Å². The second-order valence-electron chi connectivity index (χ2n) is 13.9. The van der Waals surface area contributed by atoms with Crippen molar-refractivity contribution in [2.75, 3.05) is 11.9 Å². The van der Waals surface area contributed by atoms with E-state index >= 15 is 0 Å². The van der Waals surface area contributed by atoms with Gasteiger partial charge >= 0.3 is 0 Å². The molecule has 0 unspecified atom stereocenters. The molecule has 42 heavy (non-hydrogen) atoms. The summed E-state index contributed by atoms with van der Waals surface area (Å²) in [6, 6.07) is 17.3. The molecule has 0 saturated heterocycles. The monoisotopic (exact) mass is 603 g/mol. The average molecular weight is 604 g/mol. The van der Waals surface area contributed by atoms with Gasteiger partial charge in [-0.05, 0) is 66.1 Å². The largest absolute Gasteiger partial charge is 0.414 e. The van der Waals surface area contributed by atoms with Crippen LogP contribution in [0.3, 0.4) is 0 Å². The number of nitrogens with zero attached hydrogens (tertiary/aromatic N) is 4. The van der Waals surface area contributed by atoms with Crippen LogP contribution in [0.1, 0.15) is 63.6 Å². The van der Waals surface area contributed by atoms with Gasteiger partial charge in [-0.2, -0.15) is 0 Å². The van der Waals surface area contributed by atoms with E-state index < -0.39 is 16.6 Å². The number of anilines is 1. The molecule has 0 spiro atoms. The first-order valence-electron chi connectivity index (χ1n) is 14.5. The summed E-state index contributed by atoms with van der Waals surface area (Å²) in [5.74, 6) is 0.122. The third-order valence-corrected chi connectivity index (χ3v) is 17.8. The van der Waals surface area contributed by atoms with Gasteiger partial charge in [-0.3, -0.25) is 9.36 Å². The Labute approximate surface area is 252 Å². The van der Waals surface area contributed by atoms with Crippen LogP contribution in [0, 0.1) is 0 Å². The summed E-state index contributed by atoms with van der Waals surface area (Å²) >= 11 is 0. The molecule has 0 radical (unpaired) electrons. The van der Waals surface area contributed by atoms with Crippen molar-refractivity contribution in [3.05, 3.63) is 78.4 Å². The molecule has 224 valence electrons. The number of carbonyl (C=O) groups is 1. The number of carbonyl (C=O) groups excluding carboxylic acids is 1. The Hall–Kier alpha value is -3.19. The van der Waals surface area contributed by atoms with Gasteiger partial charge in [-0.15, -0.1) is 0 Å². The third-order valence-electron chi connectivity index (χ3n) is 8.79. The molecule has 1 amide bonds. The summed E-state index contributed by atoms with van der Waals surface area (Å²) in [7, 11) is -4.04. The van der Waals surface area contributed by atoms with E-state index in [4.69, 9.17) is 8.85 Å². The van der Waals surface area contributed by atoms with Crippen molar-refractivity contribution in [2.24, 2.45) is 0 Å². The molecule has 2 heterocycles. The second-order valence-corrected chi connectivity index (χ2v) is 23.4. The first-order valence-corrected chi connectivity index (χ1v) is 20.3. The fraction of sp³-hybridized carbons (Fsp3) is 0.438. The standard InChI is InChI=1S/C32H45N5O3Si2/c1-31(2,3)41(7,8)39-20-26(40-42(9,10)32(4,5)6)23-16-18-25(19-17-23)37-22-35-27-28(33-21-34-29(27)37)36-30(38)24-14-12-11-13-15-24/h11-19,21-22,26H,20H2,1-10H3,(H,33,34,36,38)/t26-/m1/s1. The van der Waals surface area contributed by atoms with Crippen LogP contribution in [0.25, 0.3) is 16.9 Å². The fourth-order valence-corrected chi connectivity index (χ4v) is 6.24. The van der Waals surface area contributed by atoms with Crippen LogP contribution in [0.2, 0.25) is 36.3 Å². The van der Waals surface area contributed by atoms with Crippen LogP contribution in [0.5, 0.6) is 0 Å². The van der Waals surface area contributed by atoms with E-state index in [-0.39, 0.29) is 22.1 Å². The SMILES string of the molecule is CC(C)(C)[Si](C)(C)OC[C@@H](O[Si](C)(C)C(C)(C)C)c1ccc(-n2cnc3c(NC(=O)c4ccccc4)ncnc32)cc1. The number of aromatic nitrogens is 4. The Bertz CT molecular complexity index is 1520. The van der Waals surface area contributed by atoms with E-state index in [0.717, 1.165) is 11.3 Å². The van der Waals surface area contributed by atoms with Crippen molar-refractivity contribution < 1.29 is 13.6 Å². The molecule has 4 aromatic rings. The minimum Gasteiger partial charge on any atom is -0.414 e. The van der Waals surface area contributed by atoms with E-state index in [9.17, 15) is 4.79 Å². The summed E-state index contributed by atoms with van der Waals surface area (Å²) in [5.41, 5.74) is 3.66. The zero-order valence-corrected chi connectivity index (χ0v) is 28.6. The maximum atomic E-state index is 12.7. The van der Waals surface area contributed by atoms with Gasteiger partial charge in [-0.25, -0.2) is 15.0 Å². The van der Waals surface area contributed by atoms with Gasteiger partial charge in [0.05, 0.1) is 12.7 Å². The summed E-state index contributed by atoms with van der Waals surface area (Å²) in [6.45, 7) is 23.2. The maximum absolute atomic E-state index is 12.7. The molecule has 2 aromatic carbocycles. The predicted octanol–water partition coefficient (Wildman–Crippen LogP) is 8.15. The molecule has 0 saturated carbocycles. The lowest BCUT2D eigenvalue weighted by Crippen LogP contribution is -2.45. The topological polar surface area (TPSA) is 91.2 Å². The number of imidazole rings is 1. The molecule has 0 aliphatic rings. The molecule has 0 aliphatic heterocycles. The van der Waals surface area contributed by atoms with E-state index in [1.54, 1.807) is 18.5 Å². The minimum atomic E-state index is -2.07. The Morgan fingerprint density at radius 3 is 2.07 bits per heavy atom. The highest BCUT2D eigenvalue weighted by atomic mass is 28.4. The first kappa shape index (κ1) is 31.7. The summed E-state index contributed by atoms with van der Waals surface area (Å²) in [4.78, 5) is 26.0. The van der Waals surface area contributed by atoms with Crippen molar-refractivity contribution in [3.63, 3.8) is 0 Å². The van der Waals surface area contributed by atoms with Crippen molar-refractivity contribution >= 4 is 39.5 Å². The first-order chi connectivity index (χ1) is 19.5. The molecule has 1 atom stereocenters. The molecular weight excluding hydrogens is 559 g/mol. The number of amides is 1. The highest BCUT2D eigenvalue weighted by molar-refractivity contribution is 6.74. The van der Waals surface area contributed by atoms with Gasteiger partial charge in [-0.1, -0.05) is 71.9 Å². The summed E-state index contributed by atoms with van der Waals surface area (Å²) in [5, 5.41) is 3.06. The second kappa shape index (κ2) is 11.8. The van der Waals surface area contributed by atoms with E-state index in [1.807, 2.05) is 22.8 Å². The van der Waals surface area contributed by atoms with Gasteiger partial charge in [0.2, 0.25) is 0 Å². The zero-order chi connectivity index (χ0) is 30.9. The maximum Gasteiger partial charge on any atom is 0.256 e. The smallest absolute Gasteiger partial charge is 0.256 e. The molecule has 1 N–H and O–H groups in total. The normalized spacial score (nSPS) is 13.8. The number of hydrogen-bond acceptors (Lipinski definition) is 6. The molecular formula is C32H45N5O3Si2. The number of nitrogens with one attached hydrogen (secondary N) is 1. The number of benzene rings is 2. The van der Waals surface area contributed by atoms with E-state index in [0.29, 0.717) is 29.2 Å². The lowest BCUT2D eigenvalue weighted by atomic mass is 10.1. The van der Waals surface area contributed by atoms with Crippen molar-refractivity contribution in [2.45, 2.75) is 83.9 Å². The Kier molecular flexibility index (Phi) is 8.94. The predicted molar refractivity (Wildman–Crippen MR) is 175 cm³/mol. The summed E-state index contributed by atoms with van der Waals surface area (Å²) in [6.07, 6.45) is 2.98. The van der Waals surface area contributed by atoms with Crippen molar-refractivity contribution in [3.8, 4) is 5.69 Å². The lowest BCUT2D eigenvalue weighted by Gasteiger charge is -2.41. The van der Waals surface area contributed by atoms with E-state index in [1.165, 1.54) is 6.33 Å². The highest BCUT2D eigenvalue weighted by Gasteiger charge is 2.41. The number of rotatable bonds is 9. The third kappa shape index (κ3) is 6.89. The van der Waals surface area contributed by atoms with Gasteiger partial charge in [0, 0.05) is 11.3 Å². The van der Waals surface area contributed by atoms with Crippen LogP contribution in [-0.4, -0.2) is 48.7 Å². The molecule has 8 nitrogen and oxygen atoms in total. The Balaban J connectivity index is 1.61. The van der Waals surface area contributed by atoms with Gasteiger partial charge in [0.25, 0.3) is 5.91 Å². The van der Waals surface area contributed by atoms with Gasteiger partial charge < -0.3 is 14.2 Å². The van der Waals surface area contributed by atoms with Gasteiger partial charge in [0.15, 0.2) is 33.6 Å². The van der Waals surface area contributed by atoms with Crippen LogP contribution in [0.4, 0.5) is 5.82 Å². The van der Waals surface area contributed by atoms with Crippen LogP contribution in [0.15, 0.2) is 67.3 Å². The molecule has 2 aromatic heterocycles. The van der Waals surface area contributed by atoms with Crippen LogP contribution in [-0.2, 0) is 8.85 Å². The van der Waals surface area contributed by atoms with Crippen LogP contribution < -0.4 is 5.32 Å². The lowest BCUT2D eigenvalue weighted by molar-refractivity contribution is 0.102. The van der Waals surface area contributed by atoms with Gasteiger partial charge in [0.1, 0.15) is 12.7 Å². The Morgan fingerprint density at radius 1 is 0.857 bits per heavy atom. The van der Waals surface area contributed by atoms with E-state index in [2.05, 4.69) is 112 Å². The average Bonchev–Trinajstić information content (AvgIpc) is 3.35. The minimum absolute atomic E-state index is 0.0746.